The van der Waals surface area contributed by atoms with Crippen LogP contribution in [-0.4, -0.2) is 21.6 Å². The van der Waals surface area contributed by atoms with Crippen molar-refractivity contribution < 1.29 is 0 Å². The van der Waals surface area contributed by atoms with Crippen LogP contribution in [0.25, 0.3) is 16.9 Å². The molecule has 0 radical (unpaired) electrons. The van der Waals surface area contributed by atoms with Crippen LogP contribution >= 0.6 is 0 Å². The van der Waals surface area contributed by atoms with Gasteiger partial charge in [-0.15, -0.1) is 5.10 Å². The quantitative estimate of drug-likeness (QED) is 0.761. The van der Waals surface area contributed by atoms with Crippen LogP contribution in [0, 0.1) is 6.92 Å². The van der Waals surface area contributed by atoms with E-state index in [1.807, 2.05) is 20.0 Å². The fourth-order valence-electron chi connectivity index (χ4n) is 2.38. The second-order valence-electron chi connectivity index (χ2n) is 4.89. The molecule has 102 valence electrons. The number of aromatic nitrogens is 3. The van der Waals surface area contributed by atoms with E-state index in [4.69, 9.17) is 5.73 Å². The van der Waals surface area contributed by atoms with Gasteiger partial charge in [0.05, 0.1) is 5.69 Å². The lowest BCUT2D eigenvalue weighted by molar-refractivity contribution is 0.818. The summed E-state index contributed by atoms with van der Waals surface area (Å²) in [6.45, 7) is 2.88. The van der Waals surface area contributed by atoms with Crippen molar-refractivity contribution in [3.8, 4) is 11.3 Å². The highest BCUT2D eigenvalue weighted by atomic mass is 15.3. The SMILES string of the molecule is CNCc1cccc(-c2cc(C)cc3nc(N)nn23)c1. The van der Waals surface area contributed by atoms with E-state index in [0.29, 0.717) is 5.95 Å². The largest absolute Gasteiger partial charge is 0.366 e. The maximum Gasteiger partial charge on any atom is 0.240 e. The third kappa shape index (κ3) is 2.23. The molecule has 0 saturated heterocycles. The molecule has 0 spiro atoms. The van der Waals surface area contributed by atoms with Crippen LogP contribution < -0.4 is 11.1 Å². The first-order chi connectivity index (χ1) is 9.67. The van der Waals surface area contributed by atoms with Gasteiger partial charge in [-0.3, -0.25) is 0 Å². The highest BCUT2D eigenvalue weighted by Gasteiger charge is 2.09. The van der Waals surface area contributed by atoms with Gasteiger partial charge in [0.15, 0.2) is 5.65 Å². The van der Waals surface area contributed by atoms with E-state index in [1.165, 1.54) is 5.56 Å². The lowest BCUT2D eigenvalue weighted by Gasteiger charge is -2.08. The number of anilines is 1. The highest BCUT2D eigenvalue weighted by molar-refractivity contribution is 5.65. The Labute approximate surface area is 117 Å². The lowest BCUT2D eigenvalue weighted by Crippen LogP contribution is -2.05. The summed E-state index contributed by atoms with van der Waals surface area (Å²) in [4.78, 5) is 4.24. The monoisotopic (exact) mass is 267 g/mol. The third-order valence-corrected chi connectivity index (χ3v) is 3.20. The molecule has 5 heteroatoms. The van der Waals surface area contributed by atoms with Crippen LogP contribution in [0.15, 0.2) is 36.4 Å². The van der Waals surface area contributed by atoms with Crippen molar-refractivity contribution in [3.63, 3.8) is 0 Å². The van der Waals surface area contributed by atoms with Gasteiger partial charge in [-0.1, -0.05) is 18.2 Å². The fraction of sp³-hybridized carbons (Fsp3) is 0.200. The minimum atomic E-state index is 0.295. The van der Waals surface area contributed by atoms with E-state index in [1.54, 1.807) is 4.52 Å². The first kappa shape index (κ1) is 12.6. The standard InChI is InChI=1S/C15H17N5/c1-10-6-13(20-14(7-10)18-15(16)19-20)12-5-3-4-11(8-12)9-17-2/h3-8,17H,9H2,1-2H3,(H2,16,19). The first-order valence-electron chi connectivity index (χ1n) is 6.54. The van der Waals surface area contributed by atoms with Crippen LogP contribution in [0.1, 0.15) is 11.1 Å². The Balaban J connectivity index is 2.20. The molecule has 0 aliphatic carbocycles. The molecule has 3 N–H and O–H groups in total. The number of nitrogens with one attached hydrogen (secondary N) is 1. The average Bonchev–Trinajstić information content (AvgIpc) is 2.78. The van der Waals surface area contributed by atoms with Gasteiger partial charge in [-0.05, 0) is 43.3 Å². The van der Waals surface area contributed by atoms with E-state index in [0.717, 1.165) is 29.0 Å². The van der Waals surface area contributed by atoms with Crippen LogP contribution in [0.5, 0.6) is 0 Å². The summed E-state index contributed by atoms with van der Waals surface area (Å²) in [5.41, 5.74) is 11.0. The number of pyridine rings is 1. The third-order valence-electron chi connectivity index (χ3n) is 3.20. The second kappa shape index (κ2) is 4.94. The number of hydrogen-bond acceptors (Lipinski definition) is 4. The predicted octanol–water partition coefficient (Wildman–Crippen LogP) is 2.01. The van der Waals surface area contributed by atoms with E-state index in [2.05, 4.69) is 45.7 Å². The Morgan fingerprint density at radius 3 is 2.90 bits per heavy atom. The van der Waals surface area contributed by atoms with Crippen LogP contribution in [0.2, 0.25) is 0 Å². The Morgan fingerprint density at radius 2 is 2.10 bits per heavy atom. The molecule has 0 saturated carbocycles. The van der Waals surface area contributed by atoms with Crippen LogP contribution in [0.4, 0.5) is 5.95 Å². The molecule has 0 amide bonds. The minimum absolute atomic E-state index is 0.295. The first-order valence-corrected chi connectivity index (χ1v) is 6.54. The fourth-order valence-corrected chi connectivity index (χ4v) is 2.38. The van der Waals surface area contributed by atoms with Gasteiger partial charge in [-0.25, -0.2) is 4.52 Å². The van der Waals surface area contributed by atoms with Gasteiger partial charge < -0.3 is 11.1 Å². The highest BCUT2D eigenvalue weighted by Crippen LogP contribution is 2.23. The zero-order valence-corrected chi connectivity index (χ0v) is 11.6. The summed E-state index contributed by atoms with van der Waals surface area (Å²) >= 11 is 0. The molecule has 0 unspecified atom stereocenters. The Morgan fingerprint density at radius 1 is 1.25 bits per heavy atom. The molecular formula is C15H17N5. The summed E-state index contributed by atoms with van der Waals surface area (Å²) < 4.78 is 1.79. The van der Waals surface area contributed by atoms with Gasteiger partial charge in [0.1, 0.15) is 0 Å². The molecule has 2 aromatic heterocycles. The maximum absolute atomic E-state index is 5.71. The van der Waals surface area contributed by atoms with E-state index < -0.39 is 0 Å². The number of hydrogen-bond donors (Lipinski definition) is 2. The van der Waals surface area contributed by atoms with E-state index in [9.17, 15) is 0 Å². The number of benzene rings is 1. The van der Waals surface area contributed by atoms with E-state index in [-0.39, 0.29) is 0 Å². The van der Waals surface area contributed by atoms with Crippen molar-refractivity contribution in [1.29, 1.82) is 0 Å². The lowest BCUT2D eigenvalue weighted by atomic mass is 10.1. The van der Waals surface area contributed by atoms with Gasteiger partial charge in [0, 0.05) is 12.1 Å². The molecule has 20 heavy (non-hydrogen) atoms. The van der Waals surface area contributed by atoms with Crippen molar-refractivity contribution in [1.82, 2.24) is 19.9 Å². The number of fused-ring (bicyclic) bond motifs is 1. The van der Waals surface area contributed by atoms with E-state index >= 15 is 0 Å². The summed E-state index contributed by atoms with van der Waals surface area (Å²) in [5.74, 6) is 0.295. The molecule has 5 nitrogen and oxygen atoms in total. The predicted molar refractivity (Wildman–Crippen MR) is 80.3 cm³/mol. The topological polar surface area (TPSA) is 68.2 Å². The number of rotatable bonds is 3. The smallest absolute Gasteiger partial charge is 0.240 e. The minimum Gasteiger partial charge on any atom is -0.366 e. The second-order valence-corrected chi connectivity index (χ2v) is 4.89. The van der Waals surface area contributed by atoms with Crippen molar-refractivity contribution in [2.75, 3.05) is 12.8 Å². The molecule has 2 heterocycles. The molecule has 0 fully saturated rings. The van der Waals surface area contributed by atoms with Gasteiger partial charge in [0.25, 0.3) is 0 Å². The Kier molecular flexibility index (Phi) is 3.12. The Bertz CT molecular complexity index is 760. The van der Waals surface area contributed by atoms with Crippen LogP contribution in [0.3, 0.4) is 0 Å². The van der Waals surface area contributed by atoms with Gasteiger partial charge in [0.2, 0.25) is 5.95 Å². The molecule has 0 aliphatic rings. The summed E-state index contributed by atoms with van der Waals surface area (Å²) in [6.07, 6.45) is 0. The van der Waals surface area contributed by atoms with Gasteiger partial charge in [-0.2, -0.15) is 4.98 Å². The average molecular weight is 267 g/mol. The molecule has 0 aliphatic heterocycles. The molecule has 0 bridgehead atoms. The summed E-state index contributed by atoms with van der Waals surface area (Å²) in [5, 5.41) is 7.43. The maximum atomic E-state index is 5.71. The van der Waals surface area contributed by atoms with Crippen molar-refractivity contribution in [2.45, 2.75) is 13.5 Å². The number of nitrogens with two attached hydrogens (primary N) is 1. The molecular weight excluding hydrogens is 250 g/mol. The normalized spacial score (nSPS) is 11.1. The zero-order valence-electron chi connectivity index (χ0n) is 11.6. The van der Waals surface area contributed by atoms with Crippen molar-refractivity contribution in [3.05, 3.63) is 47.5 Å². The van der Waals surface area contributed by atoms with Crippen LogP contribution in [-0.2, 0) is 6.54 Å². The van der Waals surface area contributed by atoms with Gasteiger partial charge >= 0.3 is 0 Å². The molecule has 1 aromatic carbocycles. The summed E-state index contributed by atoms with van der Waals surface area (Å²) in [7, 11) is 1.94. The molecule has 3 aromatic rings. The number of aryl methyl sites for hydroxylation is 1. The number of nitrogen functional groups attached to an aromatic ring is 1. The summed E-state index contributed by atoms with van der Waals surface area (Å²) in [6, 6.07) is 12.5. The van der Waals surface area contributed by atoms with Crippen molar-refractivity contribution >= 4 is 11.6 Å². The number of nitrogens with zero attached hydrogens (tertiary/aromatic N) is 3. The van der Waals surface area contributed by atoms with Crippen molar-refractivity contribution in [2.24, 2.45) is 0 Å². The molecule has 0 atom stereocenters. The zero-order chi connectivity index (χ0) is 14.1. The Hall–Kier alpha value is -2.40. The molecule has 3 rings (SSSR count).